The fourth-order valence-corrected chi connectivity index (χ4v) is 5.58. The average molecular weight is 565 g/mol. The van der Waals surface area contributed by atoms with Gasteiger partial charge in [0.25, 0.3) is 0 Å². The first-order chi connectivity index (χ1) is 21.8. The van der Waals surface area contributed by atoms with Gasteiger partial charge in [-0.25, -0.2) is 0 Å². The van der Waals surface area contributed by atoms with Crippen LogP contribution in [0.15, 0.2) is 182 Å². The highest BCUT2D eigenvalue weighted by Gasteiger charge is 2.08. The van der Waals surface area contributed by atoms with Crippen LogP contribution < -0.4 is 10.6 Å². The van der Waals surface area contributed by atoms with E-state index in [2.05, 4.69) is 193 Å². The van der Waals surface area contributed by atoms with Gasteiger partial charge in [0, 0.05) is 11.4 Å². The fraction of sp³-hybridized carbons (Fsp3) is 0. The molecule has 2 nitrogen and oxygen atoms in total. The lowest BCUT2D eigenvalue weighted by atomic mass is 9.99. The van der Waals surface area contributed by atoms with Crippen molar-refractivity contribution in [3.63, 3.8) is 0 Å². The molecule has 44 heavy (non-hydrogen) atoms. The van der Waals surface area contributed by atoms with E-state index in [4.69, 9.17) is 0 Å². The topological polar surface area (TPSA) is 24.1 Å². The Bertz CT molecular complexity index is 1860. The van der Waals surface area contributed by atoms with Crippen molar-refractivity contribution in [1.29, 1.82) is 0 Å². The molecule has 0 fully saturated rings. The molecule has 0 saturated carbocycles. The van der Waals surface area contributed by atoms with E-state index in [-0.39, 0.29) is 0 Å². The van der Waals surface area contributed by atoms with Gasteiger partial charge in [-0.05, 0) is 93.0 Å². The van der Waals surface area contributed by atoms with Gasteiger partial charge in [-0.15, -0.1) is 0 Å². The molecule has 0 aliphatic heterocycles. The van der Waals surface area contributed by atoms with Gasteiger partial charge < -0.3 is 10.6 Å². The van der Waals surface area contributed by atoms with Crippen molar-refractivity contribution >= 4 is 22.7 Å². The maximum atomic E-state index is 3.66. The van der Waals surface area contributed by atoms with Crippen molar-refractivity contribution in [2.75, 3.05) is 10.6 Å². The molecular weight excluding hydrogens is 532 g/mol. The summed E-state index contributed by atoms with van der Waals surface area (Å²) in [5.74, 6) is 0. The van der Waals surface area contributed by atoms with Gasteiger partial charge in [-0.3, -0.25) is 0 Å². The molecule has 2 N–H and O–H groups in total. The van der Waals surface area contributed by atoms with Gasteiger partial charge >= 0.3 is 0 Å². The van der Waals surface area contributed by atoms with Crippen molar-refractivity contribution in [2.24, 2.45) is 0 Å². The Labute approximate surface area is 259 Å². The van der Waals surface area contributed by atoms with Gasteiger partial charge in [-0.1, -0.05) is 133 Å². The minimum Gasteiger partial charge on any atom is -0.354 e. The van der Waals surface area contributed by atoms with E-state index in [1.807, 2.05) is 0 Å². The van der Waals surface area contributed by atoms with Gasteiger partial charge in [0.2, 0.25) is 0 Å². The summed E-state index contributed by atoms with van der Waals surface area (Å²) in [6, 6.07) is 64.0. The van der Waals surface area contributed by atoms with E-state index in [0.29, 0.717) is 0 Å². The first kappa shape index (κ1) is 27.0. The van der Waals surface area contributed by atoms with Crippen LogP contribution in [0.3, 0.4) is 0 Å². The lowest BCUT2D eigenvalue weighted by molar-refractivity contribution is 1.49. The van der Waals surface area contributed by atoms with Crippen LogP contribution in [-0.2, 0) is 0 Å². The SMILES string of the molecule is c1ccc(-c2cccc(-c3cccc(Nc4ccccc4Nc4cccc(-c5cccc(-c6ccccc6)c5)c4)c3)c2)cc1. The molecule has 0 aromatic heterocycles. The van der Waals surface area contributed by atoms with Gasteiger partial charge in [0.1, 0.15) is 0 Å². The van der Waals surface area contributed by atoms with Crippen LogP contribution in [0.4, 0.5) is 22.7 Å². The van der Waals surface area contributed by atoms with Crippen molar-refractivity contribution < 1.29 is 0 Å². The fourth-order valence-electron chi connectivity index (χ4n) is 5.58. The van der Waals surface area contributed by atoms with Gasteiger partial charge in [-0.2, -0.15) is 0 Å². The predicted octanol–water partition coefficient (Wildman–Crippen LogP) is 11.8. The summed E-state index contributed by atoms with van der Waals surface area (Å²) in [5, 5.41) is 7.32. The molecule has 0 aliphatic rings. The minimum atomic E-state index is 1.01. The van der Waals surface area contributed by atoms with E-state index < -0.39 is 0 Å². The molecule has 7 rings (SSSR count). The Morgan fingerprint density at radius 3 is 0.932 bits per heavy atom. The van der Waals surface area contributed by atoms with E-state index in [9.17, 15) is 0 Å². The molecular formula is C42H32N2. The zero-order valence-electron chi connectivity index (χ0n) is 24.3. The number of hydrogen-bond donors (Lipinski definition) is 2. The van der Waals surface area contributed by atoms with E-state index >= 15 is 0 Å². The second kappa shape index (κ2) is 12.6. The number of anilines is 4. The average Bonchev–Trinajstić information content (AvgIpc) is 3.10. The lowest BCUT2D eigenvalue weighted by Crippen LogP contribution is -1.98. The third kappa shape index (κ3) is 6.16. The molecule has 0 heterocycles. The summed E-state index contributed by atoms with van der Waals surface area (Å²) in [6.45, 7) is 0. The third-order valence-corrected chi connectivity index (χ3v) is 7.82. The molecule has 0 amide bonds. The molecule has 0 radical (unpaired) electrons. The number of para-hydroxylation sites is 2. The zero-order chi connectivity index (χ0) is 29.6. The monoisotopic (exact) mass is 564 g/mol. The Hall–Kier alpha value is -5.86. The maximum Gasteiger partial charge on any atom is 0.0623 e. The lowest BCUT2D eigenvalue weighted by Gasteiger charge is -2.16. The van der Waals surface area contributed by atoms with Crippen LogP contribution in [0.2, 0.25) is 0 Å². The molecule has 210 valence electrons. The second-order valence-corrected chi connectivity index (χ2v) is 10.9. The summed E-state index contributed by atoms with van der Waals surface area (Å²) in [6.07, 6.45) is 0. The molecule has 0 spiro atoms. The van der Waals surface area contributed by atoms with E-state index in [1.165, 1.54) is 44.5 Å². The largest absolute Gasteiger partial charge is 0.354 e. The molecule has 0 saturated heterocycles. The van der Waals surface area contributed by atoms with Crippen molar-refractivity contribution in [3.05, 3.63) is 182 Å². The summed E-state index contributed by atoms with van der Waals surface area (Å²) in [7, 11) is 0. The molecule has 2 heteroatoms. The highest BCUT2D eigenvalue weighted by atomic mass is 15.0. The molecule has 0 bridgehead atoms. The van der Waals surface area contributed by atoms with Crippen LogP contribution in [0.1, 0.15) is 0 Å². The van der Waals surface area contributed by atoms with E-state index in [1.54, 1.807) is 0 Å². The van der Waals surface area contributed by atoms with Crippen molar-refractivity contribution in [2.45, 2.75) is 0 Å². The number of benzene rings is 7. The van der Waals surface area contributed by atoms with E-state index in [0.717, 1.165) is 22.7 Å². The van der Waals surface area contributed by atoms with Crippen LogP contribution in [0, 0.1) is 0 Å². The summed E-state index contributed by atoms with van der Waals surface area (Å²) in [4.78, 5) is 0. The molecule has 0 unspecified atom stereocenters. The minimum absolute atomic E-state index is 1.01. The first-order valence-corrected chi connectivity index (χ1v) is 14.9. The second-order valence-electron chi connectivity index (χ2n) is 10.9. The number of nitrogens with one attached hydrogen (secondary N) is 2. The Morgan fingerprint density at radius 1 is 0.227 bits per heavy atom. The van der Waals surface area contributed by atoms with Crippen LogP contribution >= 0.6 is 0 Å². The maximum absolute atomic E-state index is 3.66. The normalized spacial score (nSPS) is 10.7. The summed E-state index contributed by atoms with van der Waals surface area (Å²) < 4.78 is 0. The predicted molar refractivity (Wildman–Crippen MR) is 188 cm³/mol. The summed E-state index contributed by atoms with van der Waals surface area (Å²) in [5.41, 5.74) is 13.7. The van der Waals surface area contributed by atoms with Gasteiger partial charge in [0.15, 0.2) is 0 Å². The molecule has 0 atom stereocenters. The van der Waals surface area contributed by atoms with Crippen LogP contribution in [0.25, 0.3) is 44.5 Å². The third-order valence-electron chi connectivity index (χ3n) is 7.82. The standard InChI is InChI=1S/C42H32N2/c1-3-13-31(14-4-1)33-17-9-19-35(27-33)37-21-11-23-39(29-37)43-41-25-7-8-26-42(41)44-40-24-12-22-38(30-40)36-20-10-18-34(28-36)32-15-5-2-6-16-32/h1-30,43-44H. The number of hydrogen-bond acceptors (Lipinski definition) is 2. The highest BCUT2D eigenvalue weighted by molar-refractivity contribution is 5.82. The van der Waals surface area contributed by atoms with Crippen LogP contribution in [-0.4, -0.2) is 0 Å². The Morgan fingerprint density at radius 2 is 0.523 bits per heavy atom. The number of rotatable bonds is 8. The summed E-state index contributed by atoms with van der Waals surface area (Å²) >= 11 is 0. The van der Waals surface area contributed by atoms with Crippen molar-refractivity contribution in [1.82, 2.24) is 0 Å². The first-order valence-electron chi connectivity index (χ1n) is 14.9. The zero-order valence-corrected chi connectivity index (χ0v) is 24.3. The molecule has 7 aromatic rings. The quantitative estimate of drug-likeness (QED) is 0.192. The van der Waals surface area contributed by atoms with Gasteiger partial charge in [0.05, 0.1) is 11.4 Å². The highest BCUT2D eigenvalue weighted by Crippen LogP contribution is 2.33. The Balaban J connectivity index is 1.12. The molecule has 0 aliphatic carbocycles. The van der Waals surface area contributed by atoms with Crippen molar-refractivity contribution in [3.8, 4) is 44.5 Å². The Kier molecular flexibility index (Phi) is 7.71. The molecule has 7 aromatic carbocycles. The smallest absolute Gasteiger partial charge is 0.0623 e. The van der Waals surface area contributed by atoms with Crippen LogP contribution in [0.5, 0.6) is 0 Å².